The molecule has 0 saturated heterocycles. The van der Waals surface area contributed by atoms with E-state index < -0.39 is 11.5 Å². The van der Waals surface area contributed by atoms with Crippen molar-refractivity contribution in [3.63, 3.8) is 0 Å². The van der Waals surface area contributed by atoms with Crippen LogP contribution in [0.1, 0.15) is 50.5 Å². The number of allylic oxidation sites excluding steroid dienone is 1. The fourth-order valence-electron chi connectivity index (χ4n) is 4.43. The van der Waals surface area contributed by atoms with Gasteiger partial charge in [0, 0.05) is 12.1 Å². The molecule has 9 nitrogen and oxygen atoms in total. The second-order valence-corrected chi connectivity index (χ2v) is 8.39. The zero-order valence-corrected chi connectivity index (χ0v) is 16.8. The van der Waals surface area contributed by atoms with Gasteiger partial charge in [0.2, 0.25) is 17.0 Å². The van der Waals surface area contributed by atoms with Gasteiger partial charge >= 0.3 is 6.01 Å². The van der Waals surface area contributed by atoms with Crippen LogP contribution in [0.2, 0.25) is 0 Å². The summed E-state index contributed by atoms with van der Waals surface area (Å²) in [6.45, 7) is 1.88. The van der Waals surface area contributed by atoms with Crippen molar-refractivity contribution in [3.8, 4) is 0 Å². The molecule has 5 rings (SSSR count). The molecule has 2 aliphatic carbocycles. The van der Waals surface area contributed by atoms with Gasteiger partial charge < -0.3 is 4.42 Å². The zero-order chi connectivity index (χ0) is 19.8. The number of aliphatic imine (C=N–C) groups is 2. The number of carbonyl (C=O) groups is 1. The molecule has 1 atom stereocenters. The molecule has 1 unspecified atom stereocenters. The highest BCUT2D eigenvalue weighted by Crippen LogP contribution is 2.43. The summed E-state index contributed by atoms with van der Waals surface area (Å²) in [4.78, 5) is 27.0. The molecule has 3 heterocycles. The van der Waals surface area contributed by atoms with Gasteiger partial charge in [0.15, 0.2) is 0 Å². The van der Waals surface area contributed by atoms with E-state index >= 15 is 0 Å². The second kappa shape index (κ2) is 7.18. The standard InChI is InChI=1S/C19H21N7O2S/c1-11-14(15(27)23-18-26-20-10-29-18)19(8-4-5-9-19)25-16(21-11)24-17-22-12-6-2-3-7-13(12)28-17/h2,6,10,14H,3-5,7-9H2,1H3,(H,22,24,25)(H,23,26,27). The van der Waals surface area contributed by atoms with Crippen LogP contribution in [0.5, 0.6) is 0 Å². The molecule has 10 heteroatoms. The first-order valence-corrected chi connectivity index (χ1v) is 10.7. The highest BCUT2D eigenvalue weighted by atomic mass is 32.1. The van der Waals surface area contributed by atoms with Crippen molar-refractivity contribution in [2.75, 3.05) is 10.6 Å². The van der Waals surface area contributed by atoms with E-state index in [0.717, 1.165) is 55.7 Å². The summed E-state index contributed by atoms with van der Waals surface area (Å²) < 4.78 is 5.82. The van der Waals surface area contributed by atoms with Crippen LogP contribution in [0.15, 0.2) is 26.0 Å². The Balaban J connectivity index is 1.42. The van der Waals surface area contributed by atoms with Crippen LogP contribution < -0.4 is 10.6 Å². The summed E-state index contributed by atoms with van der Waals surface area (Å²) in [5.41, 5.74) is 2.66. The Hall–Kier alpha value is -2.88. The van der Waals surface area contributed by atoms with E-state index in [1.165, 1.54) is 11.3 Å². The van der Waals surface area contributed by atoms with Crippen molar-refractivity contribution in [1.82, 2.24) is 15.2 Å². The van der Waals surface area contributed by atoms with Crippen molar-refractivity contribution in [2.24, 2.45) is 15.9 Å². The van der Waals surface area contributed by atoms with E-state index in [1.54, 1.807) is 5.51 Å². The van der Waals surface area contributed by atoms with Crippen molar-refractivity contribution in [3.05, 3.63) is 23.0 Å². The third kappa shape index (κ3) is 3.37. The third-order valence-electron chi connectivity index (χ3n) is 5.65. The quantitative estimate of drug-likeness (QED) is 0.800. The summed E-state index contributed by atoms with van der Waals surface area (Å²) in [6, 6.07) is 0.391. The topological polar surface area (TPSA) is 118 Å². The minimum Gasteiger partial charge on any atom is -0.428 e. The lowest BCUT2D eigenvalue weighted by atomic mass is 9.78. The number of rotatable bonds is 3. The number of guanidine groups is 1. The van der Waals surface area contributed by atoms with E-state index in [2.05, 4.69) is 36.9 Å². The lowest BCUT2D eigenvalue weighted by Crippen LogP contribution is -2.49. The molecule has 150 valence electrons. The Kier molecular flexibility index (Phi) is 4.50. The maximum atomic E-state index is 13.1. The molecule has 0 bridgehead atoms. The van der Waals surface area contributed by atoms with Crippen LogP contribution in [0.4, 0.5) is 11.1 Å². The molecule has 2 N–H and O–H groups in total. The molecular formula is C19H21N7O2S. The highest BCUT2D eigenvalue weighted by Gasteiger charge is 2.49. The lowest BCUT2D eigenvalue weighted by molar-refractivity contribution is -0.119. The van der Waals surface area contributed by atoms with Gasteiger partial charge in [-0.3, -0.25) is 15.4 Å². The van der Waals surface area contributed by atoms with Crippen LogP contribution in [-0.2, 0) is 11.2 Å². The molecule has 2 aromatic rings. The average molecular weight is 411 g/mol. The molecule has 0 radical (unpaired) electrons. The number of hydrogen-bond donors (Lipinski definition) is 2. The number of oxazole rings is 1. The predicted octanol–water partition coefficient (Wildman–Crippen LogP) is 3.30. The molecule has 0 aromatic carbocycles. The molecule has 2 aromatic heterocycles. The predicted molar refractivity (Wildman–Crippen MR) is 111 cm³/mol. The van der Waals surface area contributed by atoms with E-state index in [9.17, 15) is 4.79 Å². The van der Waals surface area contributed by atoms with Crippen molar-refractivity contribution < 1.29 is 9.21 Å². The van der Waals surface area contributed by atoms with Crippen molar-refractivity contribution >= 4 is 46.1 Å². The Morgan fingerprint density at radius 3 is 2.97 bits per heavy atom. The molecule has 1 fully saturated rings. The van der Waals surface area contributed by atoms with E-state index in [1.807, 2.05) is 13.0 Å². The molecule has 3 aliphatic rings. The van der Waals surface area contributed by atoms with Crippen LogP contribution in [-0.4, -0.2) is 38.3 Å². The number of amides is 1. The summed E-state index contributed by atoms with van der Waals surface area (Å²) >= 11 is 1.29. The monoisotopic (exact) mass is 411 g/mol. The van der Waals surface area contributed by atoms with E-state index in [4.69, 9.17) is 9.41 Å². The third-order valence-corrected chi connectivity index (χ3v) is 6.25. The van der Waals surface area contributed by atoms with Crippen molar-refractivity contribution in [2.45, 2.75) is 51.0 Å². The Morgan fingerprint density at radius 1 is 1.34 bits per heavy atom. The second-order valence-electron chi connectivity index (χ2n) is 7.56. The number of aromatic nitrogens is 3. The van der Waals surface area contributed by atoms with Crippen LogP contribution in [0.25, 0.3) is 6.08 Å². The first kappa shape index (κ1) is 18.2. The first-order chi connectivity index (χ1) is 14.1. The van der Waals surface area contributed by atoms with Gasteiger partial charge in [-0.15, -0.1) is 10.2 Å². The number of hydrogen-bond acceptors (Lipinski definition) is 9. The Morgan fingerprint density at radius 2 is 2.21 bits per heavy atom. The molecule has 1 aliphatic heterocycles. The van der Waals surface area contributed by atoms with Gasteiger partial charge in [-0.05, 0) is 32.3 Å². The van der Waals surface area contributed by atoms with Crippen LogP contribution in [0, 0.1) is 5.92 Å². The first-order valence-electron chi connectivity index (χ1n) is 9.78. The summed E-state index contributed by atoms with van der Waals surface area (Å²) in [7, 11) is 0. The Labute approximate surface area is 171 Å². The fourth-order valence-corrected chi connectivity index (χ4v) is 4.88. The Bertz CT molecular complexity index is 1020. The van der Waals surface area contributed by atoms with Gasteiger partial charge in [0.05, 0.1) is 5.54 Å². The van der Waals surface area contributed by atoms with Gasteiger partial charge in [0.25, 0.3) is 0 Å². The van der Waals surface area contributed by atoms with Gasteiger partial charge in [-0.2, -0.15) is 4.98 Å². The summed E-state index contributed by atoms with van der Waals surface area (Å²) in [6.07, 6.45) is 9.59. The molecule has 29 heavy (non-hydrogen) atoms. The number of nitrogens with one attached hydrogen (secondary N) is 2. The number of carbonyl (C=O) groups excluding carboxylic acids is 1. The minimum atomic E-state index is -0.505. The molecular weight excluding hydrogens is 390 g/mol. The maximum absolute atomic E-state index is 13.1. The maximum Gasteiger partial charge on any atom is 0.302 e. The molecule has 1 amide bonds. The van der Waals surface area contributed by atoms with Crippen LogP contribution in [0.3, 0.4) is 0 Å². The number of fused-ring (bicyclic) bond motifs is 1. The average Bonchev–Trinajstić information content (AvgIpc) is 3.42. The van der Waals surface area contributed by atoms with Gasteiger partial charge in [-0.25, -0.2) is 9.98 Å². The van der Waals surface area contributed by atoms with Gasteiger partial charge in [-0.1, -0.05) is 30.3 Å². The van der Waals surface area contributed by atoms with Crippen LogP contribution >= 0.6 is 11.3 Å². The summed E-state index contributed by atoms with van der Waals surface area (Å²) in [5, 5.41) is 14.2. The van der Waals surface area contributed by atoms with Gasteiger partial charge in [0.1, 0.15) is 22.9 Å². The lowest BCUT2D eigenvalue weighted by Gasteiger charge is -2.35. The molecule has 1 saturated carbocycles. The fraction of sp³-hybridized carbons (Fsp3) is 0.474. The number of nitrogens with zero attached hydrogens (tertiary/aromatic N) is 5. The van der Waals surface area contributed by atoms with E-state index in [0.29, 0.717) is 17.1 Å². The number of anilines is 2. The smallest absolute Gasteiger partial charge is 0.302 e. The molecule has 1 spiro atoms. The number of aryl methyl sites for hydroxylation is 1. The normalized spacial score (nSPS) is 22.2. The largest absolute Gasteiger partial charge is 0.428 e. The SMILES string of the molecule is CC1=NC(Nc2nc3c(o2)CCC=C3)=NC2(CCCC2)C1C(=O)Nc1nncs1. The highest BCUT2D eigenvalue weighted by molar-refractivity contribution is 7.13. The van der Waals surface area contributed by atoms with E-state index in [-0.39, 0.29) is 5.91 Å². The zero-order valence-electron chi connectivity index (χ0n) is 16.0. The van der Waals surface area contributed by atoms with Crippen molar-refractivity contribution in [1.29, 1.82) is 0 Å². The minimum absolute atomic E-state index is 0.135. The summed E-state index contributed by atoms with van der Waals surface area (Å²) in [5.74, 6) is 0.758.